The molecular formula is C28H54N2O. The summed E-state index contributed by atoms with van der Waals surface area (Å²) in [4.78, 5) is 5.04. The Morgan fingerprint density at radius 3 is 2.03 bits per heavy atom. The van der Waals surface area contributed by atoms with Gasteiger partial charge in [0, 0.05) is 19.2 Å². The number of allylic oxidation sites excluding steroid dienone is 4. The van der Waals surface area contributed by atoms with Crippen LogP contribution in [0, 0.1) is 0 Å². The summed E-state index contributed by atoms with van der Waals surface area (Å²) in [6.45, 7) is 9.96. The maximum atomic E-state index is 6.05. The summed E-state index contributed by atoms with van der Waals surface area (Å²) in [5.74, 6) is 0. The summed E-state index contributed by atoms with van der Waals surface area (Å²) in [7, 11) is 2.24. The van der Waals surface area contributed by atoms with Crippen LogP contribution in [-0.2, 0) is 4.74 Å². The van der Waals surface area contributed by atoms with E-state index in [2.05, 4.69) is 55.0 Å². The fourth-order valence-corrected chi connectivity index (χ4v) is 4.37. The molecule has 0 aliphatic carbocycles. The monoisotopic (exact) mass is 434 g/mol. The summed E-state index contributed by atoms with van der Waals surface area (Å²) in [6, 6.07) is 0.729. The predicted octanol–water partition coefficient (Wildman–Crippen LogP) is 7.58. The van der Waals surface area contributed by atoms with Gasteiger partial charge in [0.2, 0.25) is 0 Å². The van der Waals surface area contributed by atoms with Crippen molar-refractivity contribution in [2.24, 2.45) is 0 Å². The number of likely N-dealkylation sites (tertiary alicyclic amines) is 1. The van der Waals surface area contributed by atoms with Crippen LogP contribution in [0.5, 0.6) is 0 Å². The molecule has 0 aromatic rings. The van der Waals surface area contributed by atoms with Crippen molar-refractivity contribution in [2.75, 3.05) is 40.0 Å². The van der Waals surface area contributed by atoms with Gasteiger partial charge in [-0.15, -0.1) is 0 Å². The topological polar surface area (TPSA) is 15.7 Å². The maximum absolute atomic E-state index is 6.05. The molecular weight excluding hydrogens is 380 g/mol. The second kappa shape index (κ2) is 21.2. The molecule has 0 amide bonds. The van der Waals surface area contributed by atoms with Crippen molar-refractivity contribution in [3.8, 4) is 0 Å². The molecule has 0 N–H and O–H groups in total. The third kappa shape index (κ3) is 16.6. The van der Waals surface area contributed by atoms with Crippen molar-refractivity contribution in [2.45, 2.75) is 116 Å². The largest absolute Gasteiger partial charge is 0.366 e. The molecule has 1 fully saturated rings. The number of nitrogens with zero attached hydrogens (tertiary/aromatic N) is 2. The summed E-state index contributed by atoms with van der Waals surface area (Å²) < 4.78 is 6.05. The zero-order valence-corrected chi connectivity index (χ0v) is 21.3. The van der Waals surface area contributed by atoms with E-state index in [1.807, 2.05) is 0 Å². The zero-order chi connectivity index (χ0) is 22.4. The minimum Gasteiger partial charge on any atom is -0.366 e. The number of rotatable bonds is 20. The number of piperidine rings is 1. The Kier molecular flexibility index (Phi) is 19.4. The second-order valence-corrected chi connectivity index (χ2v) is 9.47. The fraction of sp³-hybridized carbons (Fsp3) is 0.857. The van der Waals surface area contributed by atoms with Gasteiger partial charge in [0.05, 0.1) is 6.73 Å². The number of hydrogen-bond acceptors (Lipinski definition) is 3. The zero-order valence-electron chi connectivity index (χ0n) is 21.3. The molecule has 1 heterocycles. The summed E-state index contributed by atoms with van der Waals surface area (Å²) in [5.41, 5.74) is 0. The van der Waals surface area contributed by atoms with Gasteiger partial charge in [-0.2, -0.15) is 0 Å². The third-order valence-electron chi connectivity index (χ3n) is 6.46. The molecule has 31 heavy (non-hydrogen) atoms. The lowest BCUT2D eigenvalue weighted by Gasteiger charge is -2.37. The van der Waals surface area contributed by atoms with E-state index in [1.165, 1.54) is 110 Å². The van der Waals surface area contributed by atoms with Gasteiger partial charge in [0.15, 0.2) is 0 Å². The normalized spacial score (nSPS) is 16.4. The number of ether oxygens (including phenoxy) is 1. The lowest BCUT2D eigenvalue weighted by atomic mass is 10.0. The van der Waals surface area contributed by atoms with Gasteiger partial charge in [-0.25, -0.2) is 0 Å². The molecule has 0 aromatic carbocycles. The van der Waals surface area contributed by atoms with Crippen molar-refractivity contribution in [1.82, 2.24) is 9.80 Å². The fourth-order valence-electron chi connectivity index (χ4n) is 4.37. The van der Waals surface area contributed by atoms with Gasteiger partial charge >= 0.3 is 0 Å². The molecule has 0 saturated carbocycles. The second-order valence-electron chi connectivity index (χ2n) is 9.47. The van der Waals surface area contributed by atoms with Gasteiger partial charge in [-0.1, -0.05) is 76.7 Å². The maximum Gasteiger partial charge on any atom is 0.0992 e. The molecule has 1 aliphatic rings. The molecule has 0 aromatic heterocycles. The molecule has 1 aliphatic heterocycles. The third-order valence-corrected chi connectivity index (χ3v) is 6.46. The van der Waals surface area contributed by atoms with E-state index >= 15 is 0 Å². The van der Waals surface area contributed by atoms with Crippen LogP contribution >= 0.6 is 0 Å². The van der Waals surface area contributed by atoms with Gasteiger partial charge in [0.25, 0.3) is 0 Å². The first-order valence-electron chi connectivity index (χ1n) is 13.6. The molecule has 1 rings (SSSR count). The molecule has 0 bridgehead atoms. The molecule has 182 valence electrons. The highest BCUT2D eigenvalue weighted by Gasteiger charge is 2.22. The molecule has 1 saturated heterocycles. The van der Waals surface area contributed by atoms with E-state index in [1.54, 1.807) is 0 Å². The van der Waals surface area contributed by atoms with E-state index in [9.17, 15) is 0 Å². The van der Waals surface area contributed by atoms with E-state index < -0.39 is 0 Å². The van der Waals surface area contributed by atoms with E-state index in [-0.39, 0.29) is 0 Å². The van der Waals surface area contributed by atoms with Crippen LogP contribution in [0.3, 0.4) is 0 Å². The van der Waals surface area contributed by atoms with Crippen LogP contribution < -0.4 is 0 Å². The highest BCUT2D eigenvalue weighted by Crippen LogP contribution is 2.16. The van der Waals surface area contributed by atoms with Crippen LogP contribution in [0.1, 0.15) is 110 Å². The first-order valence-corrected chi connectivity index (χ1v) is 13.6. The van der Waals surface area contributed by atoms with Crippen LogP contribution in [-0.4, -0.2) is 55.9 Å². The quantitative estimate of drug-likeness (QED) is 0.112. The first-order chi connectivity index (χ1) is 15.3. The van der Waals surface area contributed by atoms with Crippen LogP contribution in [0.25, 0.3) is 0 Å². The Morgan fingerprint density at radius 1 is 0.774 bits per heavy atom. The molecule has 3 nitrogen and oxygen atoms in total. The van der Waals surface area contributed by atoms with Crippen molar-refractivity contribution < 1.29 is 4.74 Å². The van der Waals surface area contributed by atoms with Crippen molar-refractivity contribution >= 4 is 0 Å². The van der Waals surface area contributed by atoms with Crippen LogP contribution in [0.2, 0.25) is 0 Å². The molecule has 0 spiro atoms. The molecule has 0 atom stereocenters. The average Bonchev–Trinajstić information content (AvgIpc) is 2.78. The Hall–Kier alpha value is -0.640. The van der Waals surface area contributed by atoms with E-state index in [4.69, 9.17) is 4.74 Å². The summed E-state index contributed by atoms with van der Waals surface area (Å²) >= 11 is 0. The Bertz CT molecular complexity index is 427. The minimum atomic E-state index is 0.729. The van der Waals surface area contributed by atoms with Gasteiger partial charge < -0.3 is 9.64 Å². The highest BCUT2D eigenvalue weighted by atomic mass is 16.5. The number of unbranched alkanes of at least 4 members (excludes halogenated alkanes) is 9. The van der Waals surface area contributed by atoms with Crippen LogP contribution in [0.4, 0.5) is 0 Å². The van der Waals surface area contributed by atoms with Crippen molar-refractivity contribution in [1.29, 1.82) is 0 Å². The molecule has 3 heteroatoms. The average molecular weight is 435 g/mol. The Labute approximate surface area is 195 Å². The van der Waals surface area contributed by atoms with Gasteiger partial charge in [-0.3, -0.25) is 4.90 Å². The van der Waals surface area contributed by atoms with Gasteiger partial charge in [0.1, 0.15) is 0 Å². The van der Waals surface area contributed by atoms with Crippen LogP contribution in [0.15, 0.2) is 24.3 Å². The Morgan fingerprint density at radius 2 is 1.39 bits per heavy atom. The SMILES string of the molecule is CCCCC/C=C\C/C=C\CCCCCCCCOCN(CCC)C1CCN(C)CC1. The lowest BCUT2D eigenvalue weighted by Crippen LogP contribution is -2.45. The Balaban J connectivity index is 1.88. The van der Waals surface area contributed by atoms with Gasteiger partial charge in [-0.05, 0) is 77.9 Å². The molecule has 0 radical (unpaired) electrons. The van der Waals surface area contributed by atoms with E-state index in [0.29, 0.717) is 0 Å². The predicted molar refractivity (Wildman–Crippen MR) is 138 cm³/mol. The van der Waals surface area contributed by atoms with Crippen molar-refractivity contribution in [3.05, 3.63) is 24.3 Å². The number of hydrogen-bond donors (Lipinski definition) is 0. The first kappa shape index (κ1) is 28.4. The molecule has 0 unspecified atom stereocenters. The lowest BCUT2D eigenvalue weighted by molar-refractivity contribution is -0.0111. The highest BCUT2D eigenvalue weighted by molar-refractivity contribution is 4.92. The smallest absolute Gasteiger partial charge is 0.0992 e. The summed E-state index contributed by atoms with van der Waals surface area (Å²) in [6.07, 6.45) is 28.8. The summed E-state index contributed by atoms with van der Waals surface area (Å²) in [5, 5.41) is 0. The van der Waals surface area contributed by atoms with Crippen molar-refractivity contribution in [3.63, 3.8) is 0 Å². The minimum absolute atomic E-state index is 0.729. The van der Waals surface area contributed by atoms with E-state index in [0.717, 1.165) is 25.8 Å². The standard InChI is InChI=1S/C28H54N2O/c1-4-6-7-8-9-10-11-12-13-14-15-16-17-18-19-20-26-31-27-30(23-5-2)28-21-24-29(3)25-22-28/h9-10,12-13,28H,4-8,11,14-27H2,1-3H3/b10-9-,13-12-.